The normalized spacial score (nSPS) is 28.2. The highest BCUT2D eigenvalue weighted by Gasteiger charge is 2.46. The molecule has 2 N–H and O–H groups in total. The second-order valence-electron chi connectivity index (χ2n) is 11.8. The summed E-state index contributed by atoms with van der Waals surface area (Å²) in [6, 6.07) is 11.9. The van der Waals surface area contributed by atoms with Crippen LogP contribution in [-0.4, -0.2) is 34.8 Å². The molecule has 1 unspecified atom stereocenters. The van der Waals surface area contributed by atoms with E-state index < -0.39 is 5.60 Å². The largest absolute Gasteiger partial charge is 0.444 e. The maximum absolute atomic E-state index is 13.6. The Morgan fingerprint density at radius 3 is 2.56 bits per heavy atom. The van der Waals surface area contributed by atoms with E-state index in [1.165, 1.54) is 25.0 Å². The van der Waals surface area contributed by atoms with Crippen LogP contribution in [0.15, 0.2) is 48.7 Å². The molecule has 1 aromatic carbocycles. The fourth-order valence-corrected chi connectivity index (χ4v) is 6.01. The van der Waals surface area contributed by atoms with Crippen molar-refractivity contribution in [1.82, 2.24) is 15.6 Å². The minimum Gasteiger partial charge on any atom is -0.444 e. The molecule has 5 atom stereocenters. The molecule has 0 bridgehead atoms. The van der Waals surface area contributed by atoms with Crippen LogP contribution in [0.2, 0.25) is 0 Å². The standard InChI is InChI=1S/C30H38FN3O2/c1-30(2,3)36-29(35)34-25-12-13-26-21(16-25)17-28(33-24-9-10-24)27(26)14-11-23-8-7-20(18-32-23)19-5-4-6-22(31)15-19/h4-8,11,14-15,18,21,24-28,33H,9-10,12-13,16-17H2,1-3H3,(H,34,35)/b14-11+/t21-,25?,26-,27+,28-/m1/s1. The van der Waals surface area contributed by atoms with Crippen molar-refractivity contribution >= 4 is 12.2 Å². The molecule has 5 rings (SSSR count). The topological polar surface area (TPSA) is 63.2 Å². The number of nitrogens with one attached hydrogen (secondary N) is 2. The van der Waals surface area contributed by atoms with E-state index in [1.54, 1.807) is 6.07 Å². The van der Waals surface area contributed by atoms with Crippen LogP contribution >= 0.6 is 0 Å². The Morgan fingerprint density at radius 2 is 1.86 bits per heavy atom. The first kappa shape index (κ1) is 24.9. The number of alkyl carbamates (subject to hydrolysis) is 1. The lowest BCUT2D eigenvalue weighted by Crippen LogP contribution is -2.43. The third-order valence-corrected chi connectivity index (χ3v) is 7.74. The number of rotatable bonds is 6. The van der Waals surface area contributed by atoms with Gasteiger partial charge < -0.3 is 15.4 Å². The summed E-state index contributed by atoms with van der Waals surface area (Å²) in [7, 11) is 0. The van der Waals surface area contributed by atoms with Gasteiger partial charge in [0.05, 0.1) is 5.69 Å². The number of halogens is 1. The van der Waals surface area contributed by atoms with Crippen molar-refractivity contribution in [2.45, 2.75) is 83.0 Å². The molecule has 1 heterocycles. The zero-order valence-electron chi connectivity index (χ0n) is 21.5. The van der Waals surface area contributed by atoms with Gasteiger partial charge in [-0.2, -0.15) is 0 Å². The van der Waals surface area contributed by atoms with E-state index in [4.69, 9.17) is 4.74 Å². The molecule has 3 saturated carbocycles. The van der Waals surface area contributed by atoms with Gasteiger partial charge in [-0.05, 0) is 107 Å². The van der Waals surface area contributed by atoms with E-state index in [0.29, 0.717) is 29.8 Å². The third kappa shape index (κ3) is 6.33. The predicted molar refractivity (Wildman–Crippen MR) is 141 cm³/mol. The van der Waals surface area contributed by atoms with Crippen LogP contribution in [0.1, 0.15) is 65.0 Å². The first-order valence-corrected chi connectivity index (χ1v) is 13.4. The van der Waals surface area contributed by atoms with Gasteiger partial charge in [0.25, 0.3) is 0 Å². The maximum atomic E-state index is 13.6. The number of amides is 1. The Labute approximate surface area is 213 Å². The number of pyridine rings is 1. The first-order chi connectivity index (χ1) is 17.2. The highest BCUT2D eigenvalue weighted by atomic mass is 19.1. The molecule has 2 aromatic rings. The Hall–Kier alpha value is -2.73. The molecule has 0 saturated heterocycles. The summed E-state index contributed by atoms with van der Waals surface area (Å²) in [5, 5.41) is 7.02. The Balaban J connectivity index is 1.24. The Morgan fingerprint density at radius 1 is 1.06 bits per heavy atom. The molecule has 3 fully saturated rings. The fraction of sp³-hybridized carbons (Fsp3) is 0.533. The summed E-state index contributed by atoms with van der Waals surface area (Å²) in [5.41, 5.74) is 2.19. The van der Waals surface area contributed by atoms with Gasteiger partial charge in [-0.1, -0.05) is 24.3 Å². The highest BCUT2D eigenvalue weighted by molar-refractivity contribution is 5.68. The molecule has 3 aliphatic carbocycles. The van der Waals surface area contributed by atoms with Crippen LogP contribution in [0.25, 0.3) is 17.2 Å². The van der Waals surface area contributed by atoms with Crippen molar-refractivity contribution in [3.63, 3.8) is 0 Å². The maximum Gasteiger partial charge on any atom is 0.407 e. The average Bonchev–Trinajstić information content (AvgIpc) is 3.57. The average molecular weight is 492 g/mol. The molecule has 36 heavy (non-hydrogen) atoms. The predicted octanol–water partition coefficient (Wildman–Crippen LogP) is 6.35. The first-order valence-electron chi connectivity index (χ1n) is 13.4. The summed E-state index contributed by atoms with van der Waals surface area (Å²) in [5.74, 6) is 1.42. The zero-order chi connectivity index (χ0) is 25.3. The van der Waals surface area contributed by atoms with E-state index in [-0.39, 0.29) is 18.0 Å². The second kappa shape index (κ2) is 10.3. The smallest absolute Gasteiger partial charge is 0.407 e. The molecular weight excluding hydrogens is 453 g/mol. The third-order valence-electron chi connectivity index (χ3n) is 7.74. The summed E-state index contributed by atoms with van der Waals surface area (Å²) < 4.78 is 19.1. The molecule has 0 spiro atoms. The second-order valence-corrected chi connectivity index (χ2v) is 11.8. The van der Waals surface area contributed by atoms with Gasteiger partial charge >= 0.3 is 6.09 Å². The number of ether oxygens (including phenoxy) is 1. The minimum absolute atomic E-state index is 0.183. The van der Waals surface area contributed by atoms with Crippen LogP contribution in [0.3, 0.4) is 0 Å². The minimum atomic E-state index is -0.479. The van der Waals surface area contributed by atoms with E-state index in [9.17, 15) is 9.18 Å². The van der Waals surface area contributed by atoms with Crippen molar-refractivity contribution in [3.05, 3.63) is 60.2 Å². The number of aromatic nitrogens is 1. The monoisotopic (exact) mass is 491 g/mol. The lowest BCUT2D eigenvalue weighted by atomic mass is 9.75. The van der Waals surface area contributed by atoms with Gasteiger partial charge in [0, 0.05) is 29.9 Å². The van der Waals surface area contributed by atoms with Gasteiger partial charge in [0.2, 0.25) is 0 Å². The van der Waals surface area contributed by atoms with Crippen molar-refractivity contribution < 1.29 is 13.9 Å². The summed E-state index contributed by atoms with van der Waals surface area (Å²) in [6.45, 7) is 5.69. The summed E-state index contributed by atoms with van der Waals surface area (Å²) >= 11 is 0. The highest BCUT2D eigenvalue weighted by Crippen LogP contribution is 2.47. The molecule has 0 aliphatic heterocycles. The summed E-state index contributed by atoms with van der Waals surface area (Å²) in [4.78, 5) is 16.9. The summed E-state index contributed by atoms with van der Waals surface area (Å²) in [6.07, 6.45) is 12.8. The van der Waals surface area contributed by atoms with Gasteiger partial charge in [-0.15, -0.1) is 0 Å². The van der Waals surface area contributed by atoms with E-state index >= 15 is 0 Å². The molecule has 0 radical (unpaired) electrons. The number of carbonyl (C=O) groups is 1. The van der Waals surface area contributed by atoms with Crippen molar-refractivity contribution in [2.24, 2.45) is 17.8 Å². The SMILES string of the molecule is CC(C)(C)OC(=O)NC1CC[C@@H]2[C@H](C1)C[C@@H](NC1CC1)[C@H]2/C=C/c1ccc(-c2cccc(F)c2)cn1. The molecule has 1 aromatic heterocycles. The number of benzene rings is 1. The van der Waals surface area contributed by atoms with Gasteiger partial charge in [0.15, 0.2) is 0 Å². The Bertz CT molecular complexity index is 1090. The molecule has 5 nitrogen and oxygen atoms in total. The van der Waals surface area contributed by atoms with Crippen LogP contribution in [0.4, 0.5) is 9.18 Å². The lowest BCUT2D eigenvalue weighted by molar-refractivity contribution is 0.0474. The fourth-order valence-electron chi connectivity index (χ4n) is 6.01. The number of carbonyl (C=O) groups excluding carboxylic acids is 1. The van der Waals surface area contributed by atoms with E-state index in [2.05, 4.69) is 27.8 Å². The van der Waals surface area contributed by atoms with Crippen LogP contribution in [0, 0.1) is 23.6 Å². The number of hydrogen-bond acceptors (Lipinski definition) is 4. The van der Waals surface area contributed by atoms with Crippen LogP contribution in [0.5, 0.6) is 0 Å². The van der Waals surface area contributed by atoms with Gasteiger partial charge in [-0.3, -0.25) is 4.98 Å². The molecule has 192 valence electrons. The molecule has 3 aliphatic rings. The molecular formula is C30H38FN3O2. The number of fused-ring (bicyclic) bond motifs is 1. The van der Waals surface area contributed by atoms with E-state index in [0.717, 1.165) is 42.5 Å². The number of hydrogen-bond donors (Lipinski definition) is 2. The van der Waals surface area contributed by atoms with Crippen molar-refractivity contribution in [1.29, 1.82) is 0 Å². The van der Waals surface area contributed by atoms with Crippen molar-refractivity contribution in [3.8, 4) is 11.1 Å². The lowest BCUT2D eigenvalue weighted by Gasteiger charge is -2.34. The van der Waals surface area contributed by atoms with E-state index in [1.807, 2.05) is 45.2 Å². The van der Waals surface area contributed by atoms with Gasteiger partial charge in [-0.25, -0.2) is 9.18 Å². The zero-order valence-corrected chi connectivity index (χ0v) is 21.5. The quantitative estimate of drug-likeness (QED) is 0.494. The van der Waals surface area contributed by atoms with Crippen LogP contribution < -0.4 is 10.6 Å². The Kier molecular flexibility index (Phi) is 7.16. The number of nitrogens with zero attached hydrogens (tertiary/aromatic N) is 1. The van der Waals surface area contributed by atoms with Crippen molar-refractivity contribution in [2.75, 3.05) is 0 Å². The van der Waals surface area contributed by atoms with Gasteiger partial charge in [0.1, 0.15) is 11.4 Å². The molecule has 1 amide bonds. The molecule has 6 heteroatoms. The van der Waals surface area contributed by atoms with Crippen LogP contribution in [-0.2, 0) is 4.74 Å².